The average Bonchev–Trinajstić information content (AvgIpc) is 2.66. The van der Waals surface area contributed by atoms with Crippen molar-refractivity contribution in [3.05, 3.63) is 53.2 Å². The van der Waals surface area contributed by atoms with E-state index in [1.807, 2.05) is 32.0 Å². The third kappa shape index (κ3) is 3.37. The van der Waals surface area contributed by atoms with Gasteiger partial charge in [0.15, 0.2) is 0 Å². The highest BCUT2D eigenvalue weighted by Crippen LogP contribution is 2.42. The van der Waals surface area contributed by atoms with Crippen molar-refractivity contribution in [1.29, 1.82) is 0 Å². The molecule has 0 atom stereocenters. The molecule has 1 heterocycles. The van der Waals surface area contributed by atoms with Crippen molar-refractivity contribution in [1.82, 2.24) is 4.98 Å². The minimum Gasteiger partial charge on any atom is -0.496 e. The van der Waals surface area contributed by atoms with Crippen LogP contribution in [0.5, 0.6) is 11.5 Å². The summed E-state index contributed by atoms with van der Waals surface area (Å²) in [7, 11) is 3.36. The lowest BCUT2D eigenvalue weighted by Crippen LogP contribution is -1.99. The van der Waals surface area contributed by atoms with Gasteiger partial charge >= 0.3 is 0 Å². The maximum Gasteiger partial charge on any atom is 0.130 e. The van der Waals surface area contributed by atoms with E-state index in [-0.39, 0.29) is 0 Å². The van der Waals surface area contributed by atoms with Gasteiger partial charge in [-0.2, -0.15) is 0 Å². The Labute approximate surface area is 154 Å². The molecule has 0 amide bonds. The second kappa shape index (κ2) is 7.75. The normalized spacial score (nSPS) is 11.0. The summed E-state index contributed by atoms with van der Waals surface area (Å²) in [6.07, 6.45) is 0. The number of fused-ring (bicyclic) bond motifs is 1. The van der Waals surface area contributed by atoms with Crippen molar-refractivity contribution < 1.29 is 14.2 Å². The highest BCUT2D eigenvalue weighted by molar-refractivity contribution is 5.98. The molecule has 0 bridgehead atoms. The Morgan fingerprint density at radius 1 is 0.923 bits per heavy atom. The van der Waals surface area contributed by atoms with E-state index >= 15 is 0 Å². The molecule has 0 unspecified atom stereocenters. The summed E-state index contributed by atoms with van der Waals surface area (Å²) < 4.78 is 17.0. The molecule has 0 spiro atoms. The van der Waals surface area contributed by atoms with Crippen molar-refractivity contribution in [2.24, 2.45) is 0 Å². The predicted octanol–water partition coefficient (Wildman–Crippen LogP) is 5.07. The molecule has 0 fully saturated rings. The van der Waals surface area contributed by atoms with Crippen LogP contribution in [0.3, 0.4) is 0 Å². The van der Waals surface area contributed by atoms with Crippen LogP contribution in [-0.4, -0.2) is 25.8 Å². The molecule has 0 saturated carbocycles. The second-order valence-electron chi connectivity index (χ2n) is 6.29. The van der Waals surface area contributed by atoms with Gasteiger partial charge in [0.1, 0.15) is 11.5 Å². The molecular formula is C22H25NO3. The van der Waals surface area contributed by atoms with E-state index < -0.39 is 0 Å². The number of aromatic nitrogens is 1. The molecule has 26 heavy (non-hydrogen) atoms. The maximum absolute atomic E-state index is 5.71. The number of aryl methyl sites for hydroxylation is 2. The second-order valence-corrected chi connectivity index (χ2v) is 6.29. The van der Waals surface area contributed by atoms with Gasteiger partial charge in [0.2, 0.25) is 0 Å². The Bertz CT molecular complexity index is 909. The monoisotopic (exact) mass is 351 g/mol. The summed E-state index contributed by atoms with van der Waals surface area (Å²) in [5.41, 5.74) is 6.07. The smallest absolute Gasteiger partial charge is 0.130 e. The Morgan fingerprint density at radius 3 is 2.23 bits per heavy atom. The first-order valence-electron chi connectivity index (χ1n) is 8.79. The van der Waals surface area contributed by atoms with Crippen LogP contribution < -0.4 is 9.47 Å². The van der Waals surface area contributed by atoms with Crippen LogP contribution in [0.25, 0.3) is 22.0 Å². The lowest BCUT2D eigenvalue weighted by molar-refractivity contribution is 0.133. The molecule has 136 valence electrons. The van der Waals surface area contributed by atoms with Crippen LogP contribution >= 0.6 is 0 Å². The van der Waals surface area contributed by atoms with Gasteiger partial charge in [-0.25, -0.2) is 0 Å². The van der Waals surface area contributed by atoms with Gasteiger partial charge in [-0.1, -0.05) is 18.2 Å². The fourth-order valence-electron chi connectivity index (χ4n) is 3.19. The van der Waals surface area contributed by atoms with E-state index in [1.165, 1.54) is 5.56 Å². The first-order valence-corrected chi connectivity index (χ1v) is 8.79. The number of rotatable bonds is 6. The van der Waals surface area contributed by atoms with Crippen LogP contribution in [0.4, 0.5) is 0 Å². The Morgan fingerprint density at radius 2 is 1.62 bits per heavy atom. The minimum absolute atomic E-state index is 0.523. The fourth-order valence-corrected chi connectivity index (χ4v) is 3.19. The molecule has 2 aromatic carbocycles. The zero-order valence-corrected chi connectivity index (χ0v) is 16.1. The molecule has 0 N–H and O–H groups in total. The van der Waals surface area contributed by atoms with Gasteiger partial charge in [0, 0.05) is 23.3 Å². The molecule has 0 aliphatic rings. The van der Waals surface area contributed by atoms with E-state index in [9.17, 15) is 0 Å². The Balaban J connectivity index is 2.28. The molecule has 0 radical (unpaired) electrons. The number of benzene rings is 2. The highest BCUT2D eigenvalue weighted by atomic mass is 16.5. The van der Waals surface area contributed by atoms with Crippen molar-refractivity contribution in [2.75, 3.05) is 20.8 Å². The summed E-state index contributed by atoms with van der Waals surface area (Å²) in [5, 5.41) is 1.13. The number of nitrogens with zero attached hydrogens (tertiary/aromatic N) is 1. The zero-order chi connectivity index (χ0) is 18.7. The van der Waals surface area contributed by atoms with E-state index in [1.54, 1.807) is 14.2 Å². The Hall–Kier alpha value is -2.59. The lowest BCUT2D eigenvalue weighted by Gasteiger charge is -2.17. The average molecular weight is 351 g/mol. The topological polar surface area (TPSA) is 40.6 Å². The van der Waals surface area contributed by atoms with Gasteiger partial charge in [0.05, 0.1) is 31.9 Å². The molecule has 0 aliphatic heterocycles. The molecule has 3 aromatic rings. The quantitative estimate of drug-likeness (QED) is 0.621. The SMILES string of the molecule is CCOCc1cc(OC)c(-c2ccc(C)c3ccc(C)nc23)c(OC)c1. The van der Waals surface area contributed by atoms with Crippen molar-refractivity contribution in [3.8, 4) is 22.6 Å². The lowest BCUT2D eigenvalue weighted by atomic mass is 9.96. The first kappa shape index (κ1) is 18.2. The fraction of sp³-hybridized carbons (Fsp3) is 0.318. The van der Waals surface area contributed by atoms with Gasteiger partial charge in [-0.05, 0) is 50.1 Å². The molecule has 0 saturated heterocycles. The van der Waals surface area contributed by atoms with Gasteiger partial charge < -0.3 is 14.2 Å². The third-order valence-electron chi connectivity index (χ3n) is 4.52. The van der Waals surface area contributed by atoms with Crippen molar-refractivity contribution >= 4 is 10.9 Å². The number of methoxy groups -OCH3 is 2. The number of ether oxygens (including phenoxy) is 3. The summed E-state index contributed by atoms with van der Waals surface area (Å²) >= 11 is 0. The van der Waals surface area contributed by atoms with Crippen LogP contribution in [-0.2, 0) is 11.3 Å². The Kier molecular flexibility index (Phi) is 5.43. The van der Waals surface area contributed by atoms with Crippen LogP contribution in [0.1, 0.15) is 23.7 Å². The molecule has 4 nitrogen and oxygen atoms in total. The van der Waals surface area contributed by atoms with Crippen molar-refractivity contribution in [3.63, 3.8) is 0 Å². The van der Waals surface area contributed by atoms with Gasteiger partial charge in [-0.3, -0.25) is 4.98 Å². The van der Waals surface area contributed by atoms with Crippen LogP contribution in [0, 0.1) is 13.8 Å². The first-order chi connectivity index (χ1) is 12.6. The van der Waals surface area contributed by atoms with Crippen molar-refractivity contribution in [2.45, 2.75) is 27.4 Å². The minimum atomic E-state index is 0.523. The summed E-state index contributed by atoms with van der Waals surface area (Å²) in [5.74, 6) is 1.51. The van der Waals surface area contributed by atoms with E-state index in [4.69, 9.17) is 19.2 Å². The molecular weight excluding hydrogens is 326 g/mol. The molecule has 4 heteroatoms. The number of hydrogen-bond acceptors (Lipinski definition) is 4. The molecule has 3 rings (SSSR count). The molecule has 1 aromatic heterocycles. The largest absolute Gasteiger partial charge is 0.496 e. The number of hydrogen-bond donors (Lipinski definition) is 0. The van der Waals surface area contributed by atoms with Gasteiger partial charge in [-0.15, -0.1) is 0 Å². The summed E-state index contributed by atoms with van der Waals surface area (Å²) in [6.45, 7) is 7.27. The van der Waals surface area contributed by atoms with Crippen LogP contribution in [0.2, 0.25) is 0 Å². The number of pyridine rings is 1. The van der Waals surface area contributed by atoms with E-state index in [0.29, 0.717) is 13.2 Å². The molecule has 0 aliphatic carbocycles. The summed E-state index contributed by atoms with van der Waals surface area (Å²) in [4.78, 5) is 4.80. The van der Waals surface area contributed by atoms with E-state index in [0.717, 1.165) is 44.8 Å². The standard InChI is InChI=1S/C22H25NO3/c1-6-26-13-16-11-19(24-4)21(20(12-16)25-5)18-9-7-14(2)17-10-8-15(3)23-22(17)18/h7-12H,6,13H2,1-5H3. The zero-order valence-electron chi connectivity index (χ0n) is 16.1. The maximum atomic E-state index is 5.71. The van der Waals surface area contributed by atoms with Gasteiger partial charge in [0.25, 0.3) is 0 Å². The van der Waals surface area contributed by atoms with E-state index in [2.05, 4.69) is 25.1 Å². The summed E-state index contributed by atoms with van der Waals surface area (Å²) in [6, 6.07) is 12.4. The van der Waals surface area contributed by atoms with Crippen LogP contribution in [0.15, 0.2) is 36.4 Å². The third-order valence-corrected chi connectivity index (χ3v) is 4.52. The highest BCUT2D eigenvalue weighted by Gasteiger charge is 2.18. The predicted molar refractivity (Wildman–Crippen MR) is 105 cm³/mol.